The average molecular weight is 267 g/mol. The zero-order chi connectivity index (χ0) is 13.8. The summed E-state index contributed by atoms with van der Waals surface area (Å²) in [7, 11) is 1.53. The number of alkyl halides is 3. The van der Waals surface area contributed by atoms with Crippen molar-refractivity contribution in [2.75, 3.05) is 26.7 Å². The Bertz CT molecular complexity index is 312. The van der Waals surface area contributed by atoms with Crippen LogP contribution < -0.4 is 10.6 Å². The summed E-state index contributed by atoms with van der Waals surface area (Å²) in [5.41, 5.74) is 0. The maximum atomic E-state index is 11.9. The quantitative estimate of drug-likeness (QED) is 0.774. The molecular weight excluding hydrogens is 251 g/mol. The molecule has 1 fully saturated rings. The molecule has 0 unspecified atom stereocenters. The fraction of sp³-hybridized carbons (Fsp3) is 0.800. The van der Waals surface area contributed by atoms with E-state index in [1.807, 2.05) is 5.32 Å². The van der Waals surface area contributed by atoms with E-state index in [2.05, 4.69) is 5.32 Å². The molecule has 18 heavy (non-hydrogen) atoms. The molecule has 1 rings (SSSR count). The first kappa shape index (κ1) is 14.6. The molecule has 0 saturated carbocycles. The monoisotopic (exact) mass is 267 g/mol. The van der Waals surface area contributed by atoms with Crippen molar-refractivity contribution in [1.29, 1.82) is 0 Å². The molecule has 8 heteroatoms. The van der Waals surface area contributed by atoms with Crippen LogP contribution in [0.5, 0.6) is 0 Å². The SMILES string of the molecule is CNC(=O)C1CCN(C(=O)NCC(F)(F)F)CC1. The predicted octanol–water partition coefficient (Wildman–Crippen LogP) is 0.716. The van der Waals surface area contributed by atoms with E-state index in [4.69, 9.17) is 0 Å². The molecule has 0 aromatic rings. The summed E-state index contributed by atoms with van der Waals surface area (Å²) in [4.78, 5) is 24.0. The molecular formula is C10H16F3N3O2. The van der Waals surface area contributed by atoms with Crippen LogP contribution in [0.15, 0.2) is 0 Å². The van der Waals surface area contributed by atoms with E-state index in [0.29, 0.717) is 25.9 Å². The van der Waals surface area contributed by atoms with Gasteiger partial charge in [-0.1, -0.05) is 0 Å². The molecule has 2 N–H and O–H groups in total. The first-order valence-electron chi connectivity index (χ1n) is 5.64. The second-order valence-corrected chi connectivity index (χ2v) is 4.15. The van der Waals surface area contributed by atoms with Gasteiger partial charge in [0.1, 0.15) is 6.54 Å². The van der Waals surface area contributed by atoms with Gasteiger partial charge in [0.15, 0.2) is 0 Å². The topological polar surface area (TPSA) is 61.4 Å². The lowest BCUT2D eigenvalue weighted by Crippen LogP contribution is -2.48. The zero-order valence-electron chi connectivity index (χ0n) is 10.0. The molecule has 0 aromatic carbocycles. The molecule has 0 radical (unpaired) electrons. The molecule has 0 aromatic heterocycles. The summed E-state index contributed by atoms with van der Waals surface area (Å²) in [5, 5.41) is 4.33. The molecule has 0 atom stereocenters. The molecule has 0 bridgehead atoms. The fourth-order valence-electron chi connectivity index (χ4n) is 1.84. The predicted molar refractivity (Wildman–Crippen MR) is 57.8 cm³/mol. The second kappa shape index (κ2) is 5.92. The number of halogens is 3. The third-order valence-corrected chi connectivity index (χ3v) is 2.84. The standard InChI is InChI=1S/C10H16F3N3O2/c1-14-8(17)7-2-4-16(5-3-7)9(18)15-6-10(11,12)13/h7H,2-6H2,1H3,(H,14,17)(H,15,18). The van der Waals surface area contributed by atoms with Gasteiger partial charge in [-0.2, -0.15) is 13.2 Å². The van der Waals surface area contributed by atoms with Gasteiger partial charge in [-0.15, -0.1) is 0 Å². The number of carbonyl (C=O) groups is 2. The van der Waals surface area contributed by atoms with Gasteiger partial charge in [-0.3, -0.25) is 4.79 Å². The number of nitrogens with zero attached hydrogens (tertiary/aromatic N) is 1. The minimum absolute atomic E-state index is 0.0923. The van der Waals surface area contributed by atoms with Crippen LogP contribution in [-0.4, -0.2) is 49.7 Å². The largest absolute Gasteiger partial charge is 0.405 e. The van der Waals surface area contributed by atoms with E-state index in [1.165, 1.54) is 11.9 Å². The van der Waals surface area contributed by atoms with Crippen molar-refractivity contribution in [1.82, 2.24) is 15.5 Å². The normalized spacial score (nSPS) is 17.4. The lowest BCUT2D eigenvalue weighted by Gasteiger charge is -2.31. The van der Waals surface area contributed by atoms with Crippen LogP contribution in [0.2, 0.25) is 0 Å². The number of piperidine rings is 1. The summed E-state index contributed by atoms with van der Waals surface area (Å²) in [6, 6.07) is -0.734. The Morgan fingerprint density at radius 3 is 2.28 bits per heavy atom. The highest BCUT2D eigenvalue weighted by molar-refractivity contribution is 5.79. The lowest BCUT2D eigenvalue weighted by atomic mass is 9.96. The number of carbonyl (C=O) groups excluding carboxylic acids is 2. The van der Waals surface area contributed by atoms with E-state index in [-0.39, 0.29) is 11.8 Å². The van der Waals surface area contributed by atoms with E-state index < -0.39 is 18.8 Å². The van der Waals surface area contributed by atoms with Gasteiger partial charge in [0.2, 0.25) is 5.91 Å². The van der Waals surface area contributed by atoms with Crippen molar-refractivity contribution in [3.63, 3.8) is 0 Å². The maximum Gasteiger partial charge on any atom is 0.405 e. The van der Waals surface area contributed by atoms with Crippen LogP contribution in [0, 0.1) is 5.92 Å². The van der Waals surface area contributed by atoms with E-state index in [9.17, 15) is 22.8 Å². The number of urea groups is 1. The zero-order valence-corrected chi connectivity index (χ0v) is 10.0. The van der Waals surface area contributed by atoms with Crippen LogP contribution >= 0.6 is 0 Å². The highest BCUT2D eigenvalue weighted by Gasteiger charge is 2.31. The smallest absolute Gasteiger partial charge is 0.359 e. The van der Waals surface area contributed by atoms with E-state index in [1.54, 1.807) is 0 Å². The third-order valence-electron chi connectivity index (χ3n) is 2.84. The summed E-state index contributed by atoms with van der Waals surface area (Å²) in [5.74, 6) is -0.257. The summed E-state index contributed by atoms with van der Waals surface area (Å²) in [6.45, 7) is -0.745. The summed E-state index contributed by atoms with van der Waals surface area (Å²) in [6.07, 6.45) is -3.46. The van der Waals surface area contributed by atoms with Gasteiger partial charge >= 0.3 is 12.2 Å². The van der Waals surface area contributed by atoms with E-state index in [0.717, 1.165) is 0 Å². The molecule has 104 valence electrons. The Morgan fingerprint density at radius 2 is 1.83 bits per heavy atom. The molecule has 1 aliphatic rings. The number of rotatable bonds is 2. The van der Waals surface area contributed by atoms with Crippen molar-refractivity contribution < 1.29 is 22.8 Å². The molecule has 5 nitrogen and oxygen atoms in total. The Kier molecular flexibility index (Phi) is 4.80. The number of likely N-dealkylation sites (tertiary alicyclic amines) is 1. The van der Waals surface area contributed by atoms with Crippen molar-refractivity contribution in [3.05, 3.63) is 0 Å². The van der Waals surface area contributed by atoms with Crippen molar-refractivity contribution >= 4 is 11.9 Å². The highest BCUT2D eigenvalue weighted by Crippen LogP contribution is 2.18. The molecule has 0 aliphatic carbocycles. The van der Waals surface area contributed by atoms with Crippen LogP contribution in [-0.2, 0) is 4.79 Å². The number of hydrogen-bond acceptors (Lipinski definition) is 2. The van der Waals surface area contributed by atoms with Crippen LogP contribution in [0.1, 0.15) is 12.8 Å². The maximum absolute atomic E-state index is 11.9. The first-order chi connectivity index (χ1) is 8.33. The summed E-state index contributed by atoms with van der Waals surface area (Å²) >= 11 is 0. The van der Waals surface area contributed by atoms with Crippen molar-refractivity contribution in [2.45, 2.75) is 19.0 Å². The van der Waals surface area contributed by atoms with Crippen molar-refractivity contribution in [3.8, 4) is 0 Å². The number of hydrogen-bond donors (Lipinski definition) is 2. The second-order valence-electron chi connectivity index (χ2n) is 4.15. The third kappa shape index (κ3) is 4.42. The van der Waals surface area contributed by atoms with Crippen LogP contribution in [0.25, 0.3) is 0 Å². The van der Waals surface area contributed by atoms with Gasteiger partial charge in [0.05, 0.1) is 0 Å². The molecule has 3 amide bonds. The minimum atomic E-state index is -4.41. The van der Waals surface area contributed by atoms with Gasteiger partial charge < -0.3 is 15.5 Å². The van der Waals surface area contributed by atoms with Crippen LogP contribution in [0.4, 0.5) is 18.0 Å². The van der Waals surface area contributed by atoms with E-state index >= 15 is 0 Å². The number of amides is 3. The van der Waals surface area contributed by atoms with Gasteiger partial charge in [0.25, 0.3) is 0 Å². The Morgan fingerprint density at radius 1 is 1.28 bits per heavy atom. The molecule has 1 heterocycles. The highest BCUT2D eigenvalue weighted by atomic mass is 19.4. The molecule has 1 saturated heterocycles. The summed E-state index contributed by atoms with van der Waals surface area (Å²) < 4.78 is 35.7. The van der Waals surface area contributed by atoms with Gasteiger partial charge in [-0.25, -0.2) is 4.79 Å². The average Bonchev–Trinajstić information content (AvgIpc) is 2.34. The minimum Gasteiger partial charge on any atom is -0.359 e. The Hall–Kier alpha value is -1.47. The Balaban J connectivity index is 2.34. The van der Waals surface area contributed by atoms with Gasteiger partial charge in [0, 0.05) is 26.1 Å². The van der Waals surface area contributed by atoms with Gasteiger partial charge in [-0.05, 0) is 12.8 Å². The number of nitrogens with one attached hydrogen (secondary N) is 2. The Labute approximate surface area is 103 Å². The fourth-order valence-corrected chi connectivity index (χ4v) is 1.84. The molecule has 1 aliphatic heterocycles. The van der Waals surface area contributed by atoms with Crippen molar-refractivity contribution in [2.24, 2.45) is 5.92 Å². The first-order valence-corrected chi connectivity index (χ1v) is 5.64. The van der Waals surface area contributed by atoms with Crippen LogP contribution in [0.3, 0.4) is 0 Å². The lowest BCUT2D eigenvalue weighted by molar-refractivity contribution is -0.125. The molecule has 0 spiro atoms.